The molecule has 0 aliphatic carbocycles. The third kappa shape index (κ3) is 2.30. The third-order valence-corrected chi connectivity index (χ3v) is 4.77. The van der Waals surface area contributed by atoms with Crippen LogP contribution in [-0.2, 0) is 0 Å². The van der Waals surface area contributed by atoms with Gasteiger partial charge in [0, 0.05) is 15.4 Å². The molecule has 2 heterocycles. The lowest BCUT2D eigenvalue weighted by Crippen LogP contribution is -2.18. The SMILES string of the molecule is CC(C)n1c(C(N)c2cccs2)nc2cc(Br)ccc21. The summed E-state index contributed by atoms with van der Waals surface area (Å²) >= 11 is 5.17. The van der Waals surface area contributed by atoms with Crippen LogP contribution in [0.4, 0.5) is 0 Å². The molecule has 3 aromatic rings. The molecule has 3 rings (SSSR count). The first-order valence-corrected chi connectivity index (χ1v) is 8.21. The summed E-state index contributed by atoms with van der Waals surface area (Å²) in [4.78, 5) is 5.91. The van der Waals surface area contributed by atoms with Gasteiger partial charge in [-0.25, -0.2) is 4.98 Å². The van der Waals surface area contributed by atoms with Crippen molar-refractivity contribution in [1.82, 2.24) is 9.55 Å². The lowest BCUT2D eigenvalue weighted by atomic mass is 10.2. The average molecular weight is 350 g/mol. The lowest BCUT2D eigenvalue weighted by Gasteiger charge is -2.16. The van der Waals surface area contributed by atoms with E-state index in [1.165, 1.54) is 0 Å². The maximum Gasteiger partial charge on any atom is 0.132 e. The van der Waals surface area contributed by atoms with E-state index in [1.807, 2.05) is 23.6 Å². The lowest BCUT2D eigenvalue weighted by molar-refractivity contribution is 0.569. The second-order valence-electron chi connectivity index (χ2n) is 5.06. The van der Waals surface area contributed by atoms with Gasteiger partial charge in [-0.1, -0.05) is 22.0 Å². The van der Waals surface area contributed by atoms with Gasteiger partial charge in [-0.15, -0.1) is 11.3 Å². The van der Waals surface area contributed by atoms with Crippen LogP contribution in [0.25, 0.3) is 11.0 Å². The number of hydrogen-bond acceptors (Lipinski definition) is 3. The number of imidazole rings is 1. The quantitative estimate of drug-likeness (QED) is 0.756. The number of benzene rings is 1. The van der Waals surface area contributed by atoms with Crippen LogP contribution in [0.1, 0.15) is 36.6 Å². The van der Waals surface area contributed by atoms with Crippen LogP contribution >= 0.6 is 27.3 Å². The molecule has 0 fully saturated rings. The minimum absolute atomic E-state index is 0.177. The van der Waals surface area contributed by atoms with Crippen molar-refractivity contribution in [1.29, 1.82) is 0 Å². The summed E-state index contributed by atoms with van der Waals surface area (Å²) in [6.45, 7) is 4.32. The summed E-state index contributed by atoms with van der Waals surface area (Å²) in [5.74, 6) is 0.926. The van der Waals surface area contributed by atoms with Crippen LogP contribution in [0.3, 0.4) is 0 Å². The molecule has 0 aliphatic rings. The number of nitrogens with zero attached hydrogens (tertiary/aromatic N) is 2. The summed E-state index contributed by atoms with van der Waals surface area (Å²) in [7, 11) is 0. The molecule has 0 amide bonds. The van der Waals surface area contributed by atoms with E-state index in [2.05, 4.69) is 46.5 Å². The zero-order chi connectivity index (χ0) is 14.3. The van der Waals surface area contributed by atoms with Gasteiger partial charge in [0.1, 0.15) is 5.82 Å². The summed E-state index contributed by atoms with van der Waals surface area (Å²) in [6.07, 6.45) is 0. The van der Waals surface area contributed by atoms with Crippen molar-refractivity contribution in [2.24, 2.45) is 5.73 Å². The molecule has 0 aliphatic heterocycles. The van der Waals surface area contributed by atoms with Crippen molar-refractivity contribution < 1.29 is 0 Å². The van der Waals surface area contributed by atoms with Gasteiger partial charge in [0.15, 0.2) is 0 Å². The number of nitrogens with two attached hydrogens (primary N) is 1. The monoisotopic (exact) mass is 349 g/mol. The zero-order valence-electron chi connectivity index (χ0n) is 11.4. The standard InChI is InChI=1S/C15H16BrN3S/c1-9(2)19-12-6-5-10(16)8-11(12)18-15(19)14(17)13-4-3-7-20-13/h3-9,14H,17H2,1-2H3. The van der Waals surface area contributed by atoms with E-state index in [4.69, 9.17) is 10.7 Å². The summed E-state index contributed by atoms with van der Waals surface area (Å²) in [6, 6.07) is 10.4. The van der Waals surface area contributed by atoms with Crippen molar-refractivity contribution in [3.05, 3.63) is 50.9 Å². The molecule has 0 radical (unpaired) electrons. The second kappa shape index (κ2) is 5.31. The van der Waals surface area contributed by atoms with Crippen LogP contribution in [0.5, 0.6) is 0 Å². The predicted octanol–water partition coefficient (Wildman–Crippen LogP) is 4.49. The normalized spacial score (nSPS) is 13.2. The highest BCUT2D eigenvalue weighted by Gasteiger charge is 2.20. The molecule has 5 heteroatoms. The Morgan fingerprint density at radius 3 is 2.75 bits per heavy atom. The molecule has 1 unspecified atom stereocenters. The molecule has 2 aromatic heterocycles. The van der Waals surface area contributed by atoms with E-state index in [1.54, 1.807) is 11.3 Å². The van der Waals surface area contributed by atoms with E-state index in [-0.39, 0.29) is 6.04 Å². The highest BCUT2D eigenvalue weighted by atomic mass is 79.9. The summed E-state index contributed by atoms with van der Waals surface area (Å²) < 4.78 is 3.27. The number of thiophene rings is 1. The Balaban J connectivity index is 2.21. The second-order valence-corrected chi connectivity index (χ2v) is 6.95. The molecule has 1 atom stereocenters. The summed E-state index contributed by atoms with van der Waals surface area (Å²) in [5, 5.41) is 2.05. The number of fused-ring (bicyclic) bond motifs is 1. The van der Waals surface area contributed by atoms with Gasteiger partial charge < -0.3 is 10.3 Å². The van der Waals surface area contributed by atoms with Gasteiger partial charge in [0.2, 0.25) is 0 Å². The van der Waals surface area contributed by atoms with Gasteiger partial charge >= 0.3 is 0 Å². The molecule has 20 heavy (non-hydrogen) atoms. The molecule has 3 nitrogen and oxygen atoms in total. The third-order valence-electron chi connectivity index (χ3n) is 3.32. The van der Waals surface area contributed by atoms with Crippen LogP contribution in [0.2, 0.25) is 0 Å². The van der Waals surface area contributed by atoms with Crippen LogP contribution < -0.4 is 5.73 Å². The number of halogens is 1. The van der Waals surface area contributed by atoms with Crippen molar-refractivity contribution in [3.8, 4) is 0 Å². The van der Waals surface area contributed by atoms with E-state index >= 15 is 0 Å². The Kier molecular flexibility index (Phi) is 3.67. The number of aromatic nitrogens is 2. The zero-order valence-corrected chi connectivity index (χ0v) is 13.8. The largest absolute Gasteiger partial charge is 0.324 e. The molecule has 0 bridgehead atoms. The topological polar surface area (TPSA) is 43.8 Å². The molecular formula is C15H16BrN3S. The fourth-order valence-corrected chi connectivity index (χ4v) is 3.52. The van der Waals surface area contributed by atoms with E-state index in [9.17, 15) is 0 Å². The number of rotatable bonds is 3. The van der Waals surface area contributed by atoms with Gasteiger partial charge in [-0.3, -0.25) is 0 Å². The molecular weight excluding hydrogens is 334 g/mol. The molecule has 0 saturated carbocycles. The minimum atomic E-state index is -0.177. The van der Waals surface area contributed by atoms with Crippen LogP contribution in [0, 0.1) is 0 Å². The van der Waals surface area contributed by atoms with Crippen LogP contribution in [0.15, 0.2) is 40.2 Å². The Bertz CT molecular complexity index is 731. The Morgan fingerprint density at radius 1 is 1.30 bits per heavy atom. The fraction of sp³-hybridized carbons (Fsp3) is 0.267. The average Bonchev–Trinajstić information content (AvgIpc) is 3.04. The van der Waals surface area contributed by atoms with E-state index in [0.29, 0.717) is 6.04 Å². The predicted molar refractivity (Wildman–Crippen MR) is 88.2 cm³/mol. The maximum absolute atomic E-state index is 6.42. The molecule has 1 aromatic carbocycles. The molecule has 104 valence electrons. The highest BCUT2D eigenvalue weighted by molar-refractivity contribution is 9.10. The number of hydrogen-bond donors (Lipinski definition) is 1. The van der Waals surface area contributed by atoms with Crippen LogP contribution in [-0.4, -0.2) is 9.55 Å². The fourth-order valence-electron chi connectivity index (χ4n) is 2.45. The van der Waals surface area contributed by atoms with E-state index < -0.39 is 0 Å². The van der Waals surface area contributed by atoms with Crippen molar-refractivity contribution in [3.63, 3.8) is 0 Å². The smallest absolute Gasteiger partial charge is 0.132 e. The molecule has 0 spiro atoms. The minimum Gasteiger partial charge on any atom is -0.324 e. The molecule has 2 N–H and O–H groups in total. The Morgan fingerprint density at radius 2 is 2.10 bits per heavy atom. The Labute approximate surface area is 130 Å². The van der Waals surface area contributed by atoms with Gasteiger partial charge in [0.05, 0.1) is 17.1 Å². The van der Waals surface area contributed by atoms with Crippen molar-refractivity contribution in [2.45, 2.75) is 25.9 Å². The Hall–Kier alpha value is -1.17. The summed E-state index contributed by atoms with van der Waals surface area (Å²) in [5.41, 5.74) is 8.53. The van der Waals surface area contributed by atoms with Gasteiger partial charge in [-0.2, -0.15) is 0 Å². The maximum atomic E-state index is 6.42. The van der Waals surface area contributed by atoms with E-state index in [0.717, 1.165) is 26.2 Å². The van der Waals surface area contributed by atoms with Gasteiger partial charge in [-0.05, 0) is 43.5 Å². The highest BCUT2D eigenvalue weighted by Crippen LogP contribution is 2.30. The first-order chi connectivity index (χ1) is 9.58. The van der Waals surface area contributed by atoms with Crippen molar-refractivity contribution in [2.75, 3.05) is 0 Å². The first kappa shape index (κ1) is 13.8. The first-order valence-electron chi connectivity index (χ1n) is 6.54. The molecule has 0 saturated heterocycles. The van der Waals surface area contributed by atoms with Gasteiger partial charge in [0.25, 0.3) is 0 Å². The van der Waals surface area contributed by atoms with Crippen molar-refractivity contribution >= 4 is 38.3 Å².